The van der Waals surface area contributed by atoms with Crippen LogP contribution in [0.5, 0.6) is 0 Å². The van der Waals surface area contributed by atoms with E-state index >= 15 is 0 Å². The highest BCUT2D eigenvalue weighted by atomic mass is 79.9. The zero-order valence-corrected chi connectivity index (χ0v) is 17.9. The molecule has 0 saturated carbocycles. The van der Waals surface area contributed by atoms with Crippen LogP contribution in [-0.4, -0.2) is 31.2 Å². The van der Waals surface area contributed by atoms with Gasteiger partial charge in [-0.1, -0.05) is 39.7 Å². The Morgan fingerprint density at radius 1 is 1.19 bits per heavy atom. The van der Waals surface area contributed by atoms with Gasteiger partial charge >= 0.3 is 0 Å². The summed E-state index contributed by atoms with van der Waals surface area (Å²) in [7, 11) is -3.72. The van der Waals surface area contributed by atoms with Gasteiger partial charge in [-0.25, -0.2) is 8.42 Å². The molecule has 0 unspecified atom stereocenters. The molecular weight excluding hydrogens is 452 g/mol. The second kappa shape index (κ2) is 8.31. The molecule has 1 heterocycles. The topological polar surface area (TPSA) is 66.5 Å². The fourth-order valence-electron chi connectivity index (χ4n) is 3.18. The number of halogens is 2. The fraction of sp³-hybridized carbons (Fsp3) is 0.316. The maximum Gasteiger partial charge on any atom is 0.243 e. The van der Waals surface area contributed by atoms with Crippen molar-refractivity contribution in [3.05, 3.63) is 63.6 Å². The van der Waals surface area contributed by atoms with E-state index in [0.29, 0.717) is 24.4 Å². The lowest BCUT2D eigenvalue weighted by Crippen LogP contribution is -2.46. The van der Waals surface area contributed by atoms with Crippen molar-refractivity contribution < 1.29 is 13.2 Å². The highest BCUT2D eigenvalue weighted by Crippen LogP contribution is 2.27. The Morgan fingerprint density at radius 3 is 2.44 bits per heavy atom. The monoisotopic (exact) mass is 470 g/mol. The van der Waals surface area contributed by atoms with Gasteiger partial charge in [-0.05, 0) is 61.7 Å². The Balaban J connectivity index is 1.76. The molecule has 5 nitrogen and oxygen atoms in total. The minimum Gasteiger partial charge on any atom is -0.348 e. The Labute approximate surface area is 172 Å². The normalized spacial score (nSPS) is 19.0. The molecule has 0 aliphatic carbocycles. The molecule has 1 aliphatic heterocycles. The van der Waals surface area contributed by atoms with Crippen molar-refractivity contribution >= 4 is 43.5 Å². The second-order valence-corrected chi connectivity index (χ2v) is 9.75. The molecule has 0 radical (unpaired) electrons. The highest BCUT2D eigenvalue weighted by molar-refractivity contribution is 9.10. The van der Waals surface area contributed by atoms with Crippen LogP contribution < -0.4 is 5.32 Å². The minimum atomic E-state index is -3.72. The lowest BCUT2D eigenvalue weighted by molar-refractivity contribution is -0.124. The van der Waals surface area contributed by atoms with Gasteiger partial charge in [-0.3, -0.25) is 4.79 Å². The summed E-state index contributed by atoms with van der Waals surface area (Å²) in [6, 6.07) is 12.7. The molecule has 0 spiro atoms. The molecule has 8 heteroatoms. The lowest BCUT2D eigenvalue weighted by Gasteiger charge is -2.25. The predicted molar refractivity (Wildman–Crippen MR) is 109 cm³/mol. The van der Waals surface area contributed by atoms with Gasteiger partial charge in [0.1, 0.15) is 6.04 Å². The molecule has 2 aromatic rings. The van der Waals surface area contributed by atoms with Gasteiger partial charge in [0.15, 0.2) is 0 Å². The fourth-order valence-corrected chi connectivity index (χ4v) is 5.22. The van der Waals surface area contributed by atoms with Crippen LogP contribution in [0.3, 0.4) is 0 Å². The molecule has 1 aliphatic rings. The molecule has 27 heavy (non-hydrogen) atoms. The van der Waals surface area contributed by atoms with Crippen molar-refractivity contribution in [3.63, 3.8) is 0 Å². The number of benzene rings is 2. The molecule has 3 rings (SSSR count). The number of nitrogens with one attached hydrogen (secondary N) is 1. The van der Waals surface area contributed by atoms with Crippen molar-refractivity contribution in [1.82, 2.24) is 9.62 Å². The Hall–Kier alpha value is -1.41. The first-order chi connectivity index (χ1) is 12.8. The summed E-state index contributed by atoms with van der Waals surface area (Å²) in [5.74, 6) is -0.282. The van der Waals surface area contributed by atoms with Gasteiger partial charge in [0.25, 0.3) is 0 Å². The average molecular weight is 472 g/mol. The molecule has 1 N–H and O–H groups in total. The third-order valence-corrected chi connectivity index (χ3v) is 7.36. The Morgan fingerprint density at radius 2 is 1.81 bits per heavy atom. The predicted octanol–water partition coefficient (Wildman–Crippen LogP) is 4.13. The van der Waals surface area contributed by atoms with Crippen molar-refractivity contribution in [3.8, 4) is 0 Å². The quantitative estimate of drug-likeness (QED) is 0.713. The van der Waals surface area contributed by atoms with E-state index in [-0.39, 0.29) is 16.8 Å². The van der Waals surface area contributed by atoms with Gasteiger partial charge in [0.2, 0.25) is 15.9 Å². The average Bonchev–Trinajstić information content (AvgIpc) is 3.13. The van der Waals surface area contributed by atoms with Crippen LogP contribution in [0.2, 0.25) is 5.02 Å². The maximum absolute atomic E-state index is 13.0. The summed E-state index contributed by atoms with van der Waals surface area (Å²) >= 11 is 9.20. The summed E-state index contributed by atoms with van der Waals surface area (Å²) in [4.78, 5) is 13.0. The molecule has 1 amide bonds. The number of hydrogen-bond acceptors (Lipinski definition) is 3. The minimum absolute atomic E-state index is 0.191. The molecule has 2 aromatic carbocycles. The zero-order chi connectivity index (χ0) is 19.6. The van der Waals surface area contributed by atoms with Crippen molar-refractivity contribution in [2.24, 2.45) is 0 Å². The van der Waals surface area contributed by atoms with Gasteiger partial charge < -0.3 is 5.32 Å². The molecular formula is C19H20BrClN2O3S. The van der Waals surface area contributed by atoms with Crippen LogP contribution in [0.15, 0.2) is 57.9 Å². The highest BCUT2D eigenvalue weighted by Gasteiger charge is 2.39. The molecule has 1 saturated heterocycles. The van der Waals surface area contributed by atoms with E-state index in [9.17, 15) is 13.2 Å². The molecule has 0 bridgehead atoms. The van der Waals surface area contributed by atoms with E-state index in [2.05, 4.69) is 21.2 Å². The van der Waals surface area contributed by atoms with Gasteiger partial charge in [0, 0.05) is 16.0 Å². The summed E-state index contributed by atoms with van der Waals surface area (Å²) < 4.78 is 28.0. The van der Waals surface area contributed by atoms with Crippen LogP contribution in [0.1, 0.15) is 31.4 Å². The zero-order valence-electron chi connectivity index (χ0n) is 14.7. The third kappa shape index (κ3) is 4.54. The third-order valence-electron chi connectivity index (χ3n) is 4.66. The summed E-state index contributed by atoms with van der Waals surface area (Å²) in [5.41, 5.74) is 0.910. The molecule has 0 aromatic heterocycles. The smallest absolute Gasteiger partial charge is 0.243 e. The van der Waals surface area contributed by atoms with Crippen LogP contribution in [0, 0.1) is 0 Å². The Bertz CT molecular complexity index is 917. The number of nitrogens with zero attached hydrogens (tertiary/aromatic N) is 1. The van der Waals surface area contributed by atoms with Crippen molar-refractivity contribution in [2.45, 2.75) is 36.7 Å². The van der Waals surface area contributed by atoms with Crippen LogP contribution in [0.25, 0.3) is 0 Å². The van der Waals surface area contributed by atoms with Crippen LogP contribution in [0.4, 0.5) is 0 Å². The summed E-state index contributed by atoms with van der Waals surface area (Å²) in [6.45, 7) is 2.20. The lowest BCUT2D eigenvalue weighted by atomic mass is 10.1. The van der Waals surface area contributed by atoms with Gasteiger partial charge in [-0.2, -0.15) is 4.31 Å². The number of carbonyl (C=O) groups is 1. The number of amides is 1. The maximum atomic E-state index is 13.0. The standard InChI is InChI=1S/C19H20BrClN2O3S/c1-13(14-4-8-16(21)9-5-14)22-19(24)18-3-2-12-23(18)27(25,26)17-10-6-15(20)7-11-17/h4-11,13,18H,2-3,12H2,1H3,(H,22,24)/t13-,18-/m0/s1. The van der Waals surface area contributed by atoms with E-state index < -0.39 is 16.1 Å². The molecule has 2 atom stereocenters. The largest absolute Gasteiger partial charge is 0.348 e. The number of hydrogen-bond donors (Lipinski definition) is 1. The van der Waals surface area contributed by atoms with Crippen LogP contribution in [-0.2, 0) is 14.8 Å². The van der Waals surface area contributed by atoms with Gasteiger partial charge in [-0.15, -0.1) is 0 Å². The number of sulfonamides is 1. The first-order valence-corrected chi connectivity index (χ1v) is 11.2. The van der Waals surface area contributed by atoms with E-state index in [1.807, 2.05) is 19.1 Å². The van der Waals surface area contributed by atoms with E-state index in [1.165, 1.54) is 4.31 Å². The van der Waals surface area contributed by atoms with Crippen molar-refractivity contribution in [2.75, 3.05) is 6.54 Å². The Kier molecular flexibility index (Phi) is 6.25. The second-order valence-electron chi connectivity index (χ2n) is 6.51. The van der Waals surface area contributed by atoms with Crippen LogP contribution >= 0.6 is 27.5 Å². The van der Waals surface area contributed by atoms with Crippen molar-refractivity contribution in [1.29, 1.82) is 0 Å². The van der Waals surface area contributed by atoms with Gasteiger partial charge in [0.05, 0.1) is 10.9 Å². The molecule has 144 valence electrons. The number of carbonyl (C=O) groups excluding carboxylic acids is 1. The first-order valence-electron chi connectivity index (χ1n) is 8.62. The summed E-state index contributed by atoms with van der Waals surface area (Å²) in [6.07, 6.45) is 1.16. The summed E-state index contributed by atoms with van der Waals surface area (Å²) in [5, 5.41) is 3.55. The first kappa shape index (κ1) is 20.3. The molecule has 1 fully saturated rings. The van der Waals surface area contributed by atoms with E-state index in [4.69, 9.17) is 11.6 Å². The van der Waals surface area contributed by atoms with E-state index in [0.717, 1.165) is 10.0 Å². The number of rotatable bonds is 5. The SMILES string of the molecule is C[C@H](NC(=O)[C@@H]1CCCN1S(=O)(=O)c1ccc(Br)cc1)c1ccc(Cl)cc1. The van der Waals surface area contributed by atoms with E-state index in [1.54, 1.807) is 36.4 Å².